The normalized spacial score (nSPS) is 16.1. The van der Waals surface area contributed by atoms with Crippen LogP contribution in [0.5, 0.6) is 5.75 Å². The van der Waals surface area contributed by atoms with Gasteiger partial charge in [0.25, 0.3) is 5.91 Å². The molecule has 0 saturated heterocycles. The van der Waals surface area contributed by atoms with E-state index in [1.807, 2.05) is 6.92 Å². The number of fused-ring (bicyclic) bond motifs is 1. The third-order valence-electron chi connectivity index (χ3n) is 4.49. The molecule has 7 nitrogen and oxygen atoms in total. The van der Waals surface area contributed by atoms with Crippen LogP contribution in [0, 0.1) is 0 Å². The number of hydrogen-bond acceptors (Lipinski definition) is 5. The number of nitrogens with one attached hydrogen (secondary N) is 1. The Labute approximate surface area is 169 Å². The molecular formula is C22H23N3O4. The molecule has 0 aliphatic carbocycles. The predicted octanol–water partition coefficient (Wildman–Crippen LogP) is 2.56. The Morgan fingerprint density at radius 2 is 1.90 bits per heavy atom. The molecule has 2 aromatic rings. The second kappa shape index (κ2) is 9.14. The fourth-order valence-electron chi connectivity index (χ4n) is 3.18. The highest BCUT2D eigenvalue weighted by Gasteiger charge is 2.38. The molecule has 0 aromatic heterocycles. The van der Waals surface area contributed by atoms with Gasteiger partial charge in [-0.05, 0) is 42.8 Å². The van der Waals surface area contributed by atoms with E-state index in [9.17, 15) is 14.4 Å². The van der Waals surface area contributed by atoms with Gasteiger partial charge in [-0.3, -0.25) is 19.4 Å². The Bertz CT molecular complexity index is 937. The minimum Gasteiger partial charge on any atom is -0.494 e. The number of anilines is 1. The first-order valence-corrected chi connectivity index (χ1v) is 9.47. The molecule has 1 atom stereocenters. The van der Waals surface area contributed by atoms with Crippen LogP contribution in [0.2, 0.25) is 0 Å². The van der Waals surface area contributed by atoms with Crippen molar-refractivity contribution in [2.75, 3.05) is 24.6 Å². The summed E-state index contributed by atoms with van der Waals surface area (Å²) in [7, 11) is 0. The van der Waals surface area contributed by atoms with Crippen LogP contribution in [0.1, 0.15) is 35.7 Å². The number of carbonyl (C=O) groups excluding carboxylic acids is 3. The monoisotopic (exact) mass is 393 g/mol. The molecule has 1 aliphatic heterocycles. The van der Waals surface area contributed by atoms with Gasteiger partial charge < -0.3 is 10.1 Å². The van der Waals surface area contributed by atoms with Crippen molar-refractivity contribution in [3.8, 4) is 5.75 Å². The summed E-state index contributed by atoms with van der Waals surface area (Å²) >= 11 is 0. The predicted molar refractivity (Wildman–Crippen MR) is 111 cm³/mol. The third kappa shape index (κ3) is 4.51. The maximum absolute atomic E-state index is 13.2. The fourth-order valence-corrected chi connectivity index (χ4v) is 3.18. The molecule has 150 valence electrons. The van der Waals surface area contributed by atoms with Crippen molar-refractivity contribution >= 4 is 29.6 Å². The summed E-state index contributed by atoms with van der Waals surface area (Å²) in [4.78, 5) is 42.6. The van der Waals surface area contributed by atoms with E-state index in [0.717, 1.165) is 0 Å². The summed E-state index contributed by atoms with van der Waals surface area (Å²) < 4.78 is 5.43. The van der Waals surface area contributed by atoms with Crippen molar-refractivity contribution in [1.82, 2.24) is 5.32 Å². The van der Waals surface area contributed by atoms with Gasteiger partial charge in [-0.15, -0.1) is 0 Å². The number of hydrogen-bond donors (Lipinski definition) is 1. The molecule has 1 N–H and O–H groups in total. The minimum atomic E-state index is -0.673. The lowest BCUT2D eigenvalue weighted by Crippen LogP contribution is -2.45. The van der Waals surface area contributed by atoms with E-state index in [2.05, 4.69) is 10.3 Å². The summed E-state index contributed by atoms with van der Waals surface area (Å²) in [5.74, 6) is -0.859. The number of benzene rings is 2. The standard InChI is InChI=1S/C22H23N3O4/c1-3-29-17-10-8-16(9-11-17)25-21(27)19-7-5-4-6-18(19)20(22(25)28)14-23-12-13-24-15(2)26/h4-11,14,20H,3,12-13H2,1-2H3,(H,24,26)/t20-/m1/s1. The first kappa shape index (κ1) is 20.3. The van der Waals surface area contributed by atoms with Crippen molar-refractivity contribution in [2.24, 2.45) is 4.99 Å². The molecule has 0 fully saturated rings. The Kier molecular flexibility index (Phi) is 6.39. The number of nitrogens with zero attached hydrogens (tertiary/aromatic N) is 2. The molecule has 7 heteroatoms. The van der Waals surface area contributed by atoms with E-state index < -0.39 is 5.92 Å². The van der Waals surface area contributed by atoms with Gasteiger partial charge >= 0.3 is 0 Å². The average Bonchev–Trinajstić information content (AvgIpc) is 2.71. The molecule has 0 spiro atoms. The van der Waals surface area contributed by atoms with Gasteiger partial charge in [0.15, 0.2) is 0 Å². The number of imide groups is 1. The second-order valence-electron chi connectivity index (χ2n) is 6.51. The summed E-state index contributed by atoms with van der Waals surface area (Å²) in [6.07, 6.45) is 1.55. The maximum Gasteiger partial charge on any atom is 0.265 e. The van der Waals surface area contributed by atoms with Gasteiger partial charge in [0.1, 0.15) is 5.75 Å². The van der Waals surface area contributed by atoms with Gasteiger partial charge in [-0.25, -0.2) is 4.90 Å². The van der Waals surface area contributed by atoms with E-state index in [4.69, 9.17) is 4.74 Å². The summed E-state index contributed by atoms with van der Waals surface area (Å²) in [5, 5.41) is 2.66. The molecule has 3 rings (SSSR count). The van der Waals surface area contributed by atoms with Crippen molar-refractivity contribution in [1.29, 1.82) is 0 Å². The van der Waals surface area contributed by atoms with Crippen LogP contribution < -0.4 is 15.0 Å². The summed E-state index contributed by atoms with van der Waals surface area (Å²) in [6.45, 7) is 4.59. The zero-order chi connectivity index (χ0) is 20.8. The van der Waals surface area contributed by atoms with E-state index >= 15 is 0 Å². The highest BCUT2D eigenvalue weighted by atomic mass is 16.5. The molecule has 1 heterocycles. The molecule has 29 heavy (non-hydrogen) atoms. The molecule has 3 amide bonds. The smallest absolute Gasteiger partial charge is 0.265 e. The molecule has 0 unspecified atom stereocenters. The highest BCUT2D eigenvalue weighted by Crippen LogP contribution is 2.32. The van der Waals surface area contributed by atoms with Crippen molar-refractivity contribution in [3.05, 3.63) is 59.7 Å². The molecule has 1 aliphatic rings. The quantitative estimate of drug-likeness (QED) is 0.445. The topological polar surface area (TPSA) is 88.1 Å². The maximum atomic E-state index is 13.2. The lowest BCUT2D eigenvalue weighted by molar-refractivity contribution is -0.119. The lowest BCUT2D eigenvalue weighted by Gasteiger charge is -2.31. The Morgan fingerprint density at radius 1 is 1.17 bits per heavy atom. The van der Waals surface area contributed by atoms with Crippen molar-refractivity contribution < 1.29 is 19.1 Å². The number of amides is 3. The van der Waals surface area contributed by atoms with Gasteiger partial charge in [0, 0.05) is 25.2 Å². The van der Waals surface area contributed by atoms with E-state index in [0.29, 0.717) is 42.3 Å². The Balaban J connectivity index is 1.89. The third-order valence-corrected chi connectivity index (χ3v) is 4.49. The first-order valence-electron chi connectivity index (χ1n) is 9.47. The van der Waals surface area contributed by atoms with Crippen LogP contribution in [-0.4, -0.2) is 43.6 Å². The number of aliphatic imine (C=N–C) groups is 1. The van der Waals surface area contributed by atoms with Crippen LogP contribution >= 0.6 is 0 Å². The zero-order valence-electron chi connectivity index (χ0n) is 16.4. The molecule has 0 bridgehead atoms. The second-order valence-corrected chi connectivity index (χ2v) is 6.51. The van der Waals surface area contributed by atoms with E-state index in [1.54, 1.807) is 54.7 Å². The SMILES string of the molecule is CCOc1ccc(N2C(=O)c3ccccc3[C@@H](C=NCCNC(C)=O)C2=O)cc1. The van der Waals surface area contributed by atoms with Gasteiger partial charge in [0.05, 0.1) is 24.8 Å². The van der Waals surface area contributed by atoms with Crippen molar-refractivity contribution in [3.63, 3.8) is 0 Å². The number of carbonyl (C=O) groups is 3. The number of rotatable bonds is 7. The number of ether oxygens (including phenoxy) is 1. The molecular weight excluding hydrogens is 370 g/mol. The average molecular weight is 393 g/mol. The Hall–Kier alpha value is -3.48. The van der Waals surface area contributed by atoms with Crippen LogP contribution in [0.3, 0.4) is 0 Å². The van der Waals surface area contributed by atoms with Gasteiger partial charge in [-0.1, -0.05) is 18.2 Å². The molecule has 0 saturated carbocycles. The molecule has 2 aromatic carbocycles. The van der Waals surface area contributed by atoms with Gasteiger partial charge in [-0.2, -0.15) is 0 Å². The summed E-state index contributed by atoms with van der Waals surface area (Å²) in [5.41, 5.74) is 1.59. The van der Waals surface area contributed by atoms with Crippen LogP contribution in [0.25, 0.3) is 0 Å². The van der Waals surface area contributed by atoms with Crippen LogP contribution in [0.4, 0.5) is 5.69 Å². The first-order chi connectivity index (χ1) is 14.0. The van der Waals surface area contributed by atoms with Crippen LogP contribution in [-0.2, 0) is 9.59 Å². The largest absolute Gasteiger partial charge is 0.494 e. The zero-order valence-corrected chi connectivity index (χ0v) is 16.4. The van der Waals surface area contributed by atoms with Crippen molar-refractivity contribution in [2.45, 2.75) is 19.8 Å². The highest BCUT2D eigenvalue weighted by molar-refractivity contribution is 6.29. The minimum absolute atomic E-state index is 0.133. The van der Waals surface area contributed by atoms with Gasteiger partial charge in [0.2, 0.25) is 11.8 Å². The van der Waals surface area contributed by atoms with E-state index in [-0.39, 0.29) is 17.7 Å². The lowest BCUT2D eigenvalue weighted by atomic mass is 9.89. The summed E-state index contributed by atoms with van der Waals surface area (Å²) in [6, 6.07) is 13.9. The van der Waals surface area contributed by atoms with Crippen LogP contribution in [0.15, 0.2) is 53.5 Å². The fraction of sp³-hybridized carbons (Fsp3) is 0.273. The Morgan fingerprint density at radius 3 is 2.59 bits per heavy atom. The molecule has 0 radical (unpaired) electrons. The van der Waals surface area contributed by atoms with E-state index in [1.165, 1.54) is 11.8 Å².